The fourth-order valence-electron chi connectivity index (χ4n) is 2.00. The summed E-state index contributed by atoms with van der Waals surface area (Å²) in [5.74, 6) is -1.21. The van der Waals surface area contributed by atoms with E-state index in [4.69, 9.17) is 5.11 Å². The van der Waals surface area contributed by atoms with E-state index in [1.165, 1.54) is 24.0 Å². The first-order valence-corrected chi connectivity index (χ1v) is 6.96. The zero-order chi connectivity index (χ0) is 16.3. The summed E-state index contributed by atoms with van der Waals surface area (Å²) in [5.41, 5.74) is 1.29. The minimum absolute atomic E-state index is 0.215. The number of nitrogens with zero attached hydrogens (tertiary/aromatic N) is 5. The molecule has 1 unspecified atom stereocenters. The molecule has 118 valence electrons. The second-order valence-corrected chi connectivity index (χ2v) is 5.09. The maximum atomic E-state index is 12.3. The SMILES string of the molecule is CCn1cc(CN(C)C(=O)c2cnn(C(C)C(=O)O)c2)cn1. The highest BCUT2D eigenvalue weighted by atomic mass is 16.4. The predicted molar refractivity (Wildman–Crippen MR) is 78.3 cm³/mol. The summed E-state index contributed by atoms with van der Waals surface area (Å²) in [6, 6.07) is -0.811. The van der Waals surface area contributed by atoms with E-state index in [-0.39, 0.29) is 5.91 Å². The molecule has 0 radical (unpaired) electrons. The van der Waals surface area contributed by atoms with Crippen LogP contribution in [0.3, 0.4) is 0 Å². The van der Waals surface area contributed by atoms with Crippen LogP contribution in [0.4, 0.5) is 0 Å². The van der Waals surface area contributed by atoms with Crippen LogP contribution in [0.2, 0.25) is 0 Å². The van der Waals surface area contributed by atoms with E-state index in [1.807, 2.05) is 13.1 Å². The molecule has 8 heteroatoms. The highest BCUT2D eigenvalue weighted by molar-refractivity contribution is 5.93. The Labute approximate surface area is 127 Å². The molecule has 2 heterocycles. The third-order valence-corrected chi connectivity index (χ3v) is 3.38. The van der Waals surface area contributed by atoms with E-state index >= 15 is 0 Å². The van der Waals surface area contributed by atoms with Crippen LogP contribution in [0, 0.1) is 0 Å². The Morgan fingerprint density at radius 2 is 2.05 bits per heavy atom. The van der Waals surface area contributed by atoms with E-state index in [0.29, 0.717) is 12.1 Å². The molecule has 1 amide bonds. The molecule has 1 atom stereocenters. The van der Waals surface area contributed by atoms with Gasteiger partial charge in [0.2, 0.25) is 0 Å². The van der Waals surface area contributed by atoms with Gasteiger partial charge >= 0.3 is 5.97 Å². The fraction of sp³-hybridized carbons (Fsp3) is 0.429. The maximum absolute atomic E-state index is 12.3. The van der Waals surface area contributed by atoms with Crippen LogP contribution in [0.15, 0.2) is 24.8 Å². The molecule has 0 aliphatic heterocycles. The second-order valence-electron chi connectivity index (χ2n) is 5.09. The van der Waals surface area contributed by atoms with E-state index < -0.39 is 12.0 Å². The van der Waals surface area contributed by atoms with Crippen LogP contribution in [0.5, 0.6) is 0 Å². The first-order chi connectivity index (χ1) is 10.4. The van der Waals surface area contributed by atoms with E-state index in [2.05, 4.69) is 10.2 Å². The topological polar surface area (TPSA) is 93.2 Å². The summed E-state index contributed by atoms with van der Waals surface area (Å²) < 4.78 is 3.05. The van der Waals surface area contributed by atoms with E-state index in [9.17, 15) is 9.59 Å². The molecule has 0 saturated carbocycles. The van der Waals surface area contributed by atoms with Crippen molar-refractivity contribution < 1.29 is 14.7 Å². The molecule has 22 heavy (non-hydrogen) atoms. The van der Waals surface area contributed by atoms with Crippen molar-refractivity contribution in [2.75, 3.05) is 7.05 Å². The van der Waals surface area contributed by atoms with Gasteiger partial charge in [-0.2, -0.15) is 10.2 Å². The van der Waals surface area contributed by atoms with Gasteiger partial charge in [-0.3, -0.25) is 14.2 Å². The molecule has 0 aliphatic rings. The lowest BCUT2D eigenvalue weighted by Crippen LogP contribution is -2.25. The largest absolute Gasteiger partial charge is 0.480 e. The molecule has 2 aromatic heterocycles. The van der Waals surface area contributed by atoms with Gasteiger partial charge in [0.1, 0.15) is 6.04 Å². The number of carbonyl (C=O) groups is 2. The Hall–Kier alpha value is -2.64. The highest BCUT2D eigenvalue weighted by Crippen LogP contribution is 2.10. The molecule has 2 rings (SSSR count). The summed E-state index contributed by atoms with van der Waals surface area (Å²) in [4.78, 5) is 24.8. The highest BCUT2D eigenvalue weighted by Gasteiger charge is 2.19. The first-order valence-electron chi connectivity index (χ1n) is 6.96. The average molecular weight is 305 g/mol. The number of aliphatic carboxylic acids is 1. The maximum Gasteiger partial charge on any atom is 0.328 e. The van der Waals surface area contributed by atoms with Crippen LogP contribution >= 0.6 is 0 Å². The zero-order valence-electron chi connectivity index (χ0n) is 12.8. The van der Waals surface area contributed by atoms with Gasteiger partial charge in [-0.15, -0.1) is 0 Å². The van der Waals surface area contributed by atoms with Crippen LogP contribution in [-0.4, -0.2) is 48.5 Å². The number of aromatic nitrogens is 4. The first kappa shape index (κ1) is 15.7. The Balaban J connectivity index is 2.05. The van der Waals surface area contributed by atoms with Crippen molar-refractivity contribution in [3.05, 3.63) is 35.9 Å². The van der Waals surface area contributed by atoms with Crippen molar-refractivity contribution in [1.82, 2.24) is 24.5 Å². The number of aryl methyl sites for hydroxylation is 1. The summed E-state index contributed by atoms with van der Waals surface area (Å²) >= 11 is 0. The number of carboxylic acids is 1. The molecular weight excluding hydrogens is 286 g/mol. The van der Waals surface area contributed by atoms with Crippen LogP contribution in [-0.2, 0) is 17.9 Å². The fourth-order valence-corrected chi connectivity index (χ4v) is 2.00. The Morgan fingerprint density at radius 3 is 2.64 bits per heavy atom. The average Bonchev–Trinajstić information content (AvgIpc) is 3.14. The van der Waals surface area contributed by atoms with Gasteiger partial charge in [0.25, 0.3) is 5.91 Å². The third-order valence-electron chi connectivity index (χ3n) is 3.38. The molecule has 1 N–H and O–H groups in total. The number of amides is 1. The van der Waals surface area contributed by atoms with Gasteiger partial charge in [-0.25, -0.2) is 4.79 Å². The zero-order valence-corrected chi connectivity index (χ0v) is 12.8. The Bertz CT molecular complexity index is 676. The van der Waals surface area contributed by atoms with Crippen molar-refractivity contribution in [3.8, 4) is 0 Å². The molecule has 0 aliphatic carbocycles. The summed E-state index contributed by atoms with van der Waals surface area (Å²) in [7, 11) is 1.68. The quantitative estimate of drug-likeness (QED) is 0.860. The standard InChI is InChI=1S/C14H19N5O3/c1-4-18-8-11(5-15-18)7-17(3)13(20)12-6-16-19(9-12)10(2)14(21)22/h5-6,8-10H,4,7H2,1-3H3,(H,21,22). The molecule has 0 bridgehead atoms. The van der Waals surface area contributed by atoms with E-state index in [1.54, 1.807) is 22.8 Å². The van der Waals surface area contributed by atoms with Crippen molar-refractivity contribution in [2.24, 2.45) is 0 Å². The van der Waals surface area contributed by atoms with Gasteiger partial charge in [0, 0.05) is 38.1 Å². The number of hydrogen-bond acceptors (Lipinski definition) is 4. The molecule has 8 nitrogen and oxygen atoms in total. The van der Waals surface area contributed by atoms with Crippen molar-refractivity contribution in [1.29, 1.82) is 0 Å². The van der Waals surface area contributed by atoms with Gasteiger partial charge in [-0.1, -0.05) is 0 Å². The minimum Gasteiger partial charge on any atom is -0.480 e. The van der Waals surface area contributed by atoms with Gasteiger partial charge in [-0.05, 0) is 13.8 Å². The summed E-state index contributed by atoms with van der Waals surface area (Å²) in [6.07, 6.45) is 6.45. The summed E-state index contributed by atoms with van der Waals surface area (Å²) in [5, 5.41) is 17.0. The molecule has 0 saturated heterocycles. The van der Waals surface area contributed by atoms with Crippen molar-refractivity contribution >= 4 is 11.9 Å². The third kappa shape index (κ3) is 3.33. The number of hydrogen-bond donors (Lipinski definition) is 1. The van der Waals surface area contributed by atoms with Crippen LogP contribution in [0.1, 0.15) is 35.8 Å². The van der Waals surface area contributed by atoms with Crippen LogP contribution < -0.4 is 0 Å². The number of carbonyl (C=O) groups excluding carboxylic acids is 1. The lowest BCUT2D eigenvalue weighted by atomic mass is 10.2. The smallest absolute Gasteiger partial charge is 0.328 e. The molecule has 0 fully saturated rings. The summed E-state index contributed by atoms with van der Waals surface area (Å²) in [6.45, 7) is 4.70. The molecule has 0 aromatic carbocycles. The molecule has 0 spiro atoms. The van der Waals surface area contributed by atoms with Gasteiger partial charge < -0.3 is 10.0 Å². The Morgan fingerprint density at radius 1 is 1.32 bits per heavy atom. The van der Waals surface area contributed by atoms with Crippen molar-refractivity contribution in [3.63, 3.8) is 0 Å². The Kier molecular flexibility index (Phi) is 4.59. The molecule has 2 aromatic rings. The number of rotatable bonds is 6. The van der Waals surface area contributed by atoms with Gasteiger partial charge in [0.15, 0.2) is 0 Å². The normalized spacial score (nSPS) is 12.1. The lowest BCUT2D eigenvalue weighted by molar-refractivity contribution is -0.140. The molecular formula is C14H19N5O3. The second kappa shape index (κ2) is 6.42. The van der Waals surface area contributed by atoms with Gasteiger partial charge in [0.05, 0.1) is 18.0 Å². The predicted octanol–water partition coefficient (Wildman–Crippen LogP) is 1.02. The van der Waals surface area contributed by atoms with E-state index in [0.717, 1.165) is 12.1 Å². The monoisotopic (exact) mass is 305 g/mol. The van der Waals surface area contributed by atoms with Crippen LogP contribution in [0.25, 0.3) is 0 Å². The number of carboxylic acid groups (broad SMARTS) is 1. The minimum atomic E-state index is -0.998. The lowest BCUT2D eigenvalue weighted by Gasteiger charge is -2.15. The van der Waals surface area contributed by atoms with Crippen molar-refractivity contribution in [2.45, 2.75) is 33.0 Å².